The second-order valence-electron chi connectivity index (χ2n) is 13.8. The molecule has 4 bridgehead atoms. The number of halogens is 1. The number of anilines is 1. The van der Waals surface area contributed by atoms with E-state index in [9.17, 15) is 18.0 Å². The van der Waals surface area contributed by atoms with Gasteiger partial charge in [0.2, 0.25) is 21.8 Å². The number of hydrogen-bond acceptors (Lipinski definition) is 4. The van der Waals surface area contributed by atoms with Crippen molar-refractivity contribution in [3.8, 4) is 0 Å². The van der Waals surface area contributed by atoms with E-state index in [4.69, 9.17) is 11.6 Å². The van der Waals surface area contributed by atoms with E-state index in [-0.39, 0.29) is 23.9 Å². The molecule has 1 atom stereocenters. The Bertz CT molecular complexity index is 1420. The molecule has 0 aromatic heterocycles. The van der Waals surface area contributed by atoms with Crippen LogP contribution in [0.3, 0.4) is 0 Å². The van der Waals surface area contributed by atoms with Crippen molar-refractivity contribution in [3.63, 3.8) is 0 Å². The highest BCUT2D eigenvalue weighted by atomic mass is 35.5. The molecule has 5 aliphatic carbocycles. The van der Waals surface area contributed by atoms with Gasteiger partial charge in [-0.15, -0.1) is 0 Å². The average Bonchev–Trinajstić information content (AvgIpc) is 3.47. The topological polar surface area (TPSA) is 86.8 Å². The molecule has 0 saturated heterocycles. The quantitative estimate of drug-likeness (QED) is 0.348. The molecule has 7 rings (SSSR count). The van der Waals surface area contributed by atoms with Gasteiger partial charge < -0.3 is 10.2 Å². The highest BCUT2D eigenvalue weighted by molar-refractivity contribution is 7.92. The van der Waals surface area contributed by atoms with Crippen LogP contribution in [-0.2, 0) is 31.6 Å². The fourth-order valence-electron chi connectivity index (χ4n) is 8.84. The Morgan fingerprint density at radius 2 is 1.53 bits per heavy atom. The van der Waals surface area contributed by atoms with Gasteiger partial charge >= 0.3 is 0 Å². The molecule has 1 N–H and O–H groups in total. The Hall–Kier alpha value is -2.58. The number of nitrogens with zero attached hydrogens (tertiary/aromatic N) is 2. The summed E-state index contributed by atoms with van der Waals surface area (Å²) in [5, 5.41) is 3.58. The normalized spacial score (nSPS) is 27.2. The second-order valence-corrected chi connectivity index (χ2v) is 16.1. The molecule has 9 heteroatoms. The molecule has 2 aromatic carbocycles. The number of carbonyl (C=O) groups excluding carboxylic acids is 2. The summed E-state index contributed by atoms with van der Waals surface area (Å²) in [6.07, 6.45) is 12.9. The Morgan fingerprint density at radius 1 is 0.953 bits per heavy atom. The molecule has 232 valence electrons. The van der Waals surface area contributed by atoms with Gasteiger partial charge in [0.25, 0.3) is 0 Å². The molecular formula is C34H44ClN3O4S. The van der Waals surface area contributed by atoms with E-state index in [1.54, 1.807) is 13.0 Å². The fourth-order valence-corrected chi connectivity index (χ4v) is 9.89. The van der Waals surface area contributed by atoms with E-state index in [2.05, 4.69) is 17.4 Å². The maximum atomic E-state index is 14.0. The van der Waals surface area contributed by atoms with Crippen molar-refractivity contribution < 1.29 is 18.0 Å². The molecule has 7 nitrogen and oxygen atoms in total. The smallest absolute Gasteiger partial charge is 0.244 e. The lowest BCUT2D eigenvalue weighted by molar-refractivity contribution is -0.139. The van der Waals surface area contributed by atoms with Gasteiger partial charge in [0, 0.05) is 17.6 Å². The lowest BCUT2D eigenvalue weighted by atomic mass is 9.48. The summed E-state index contributed by atoms with van der Waals surface area (Å²) in [7, 11) is -3.79. The Labute approximate surface area is 261 Å². The summed E-state index contributed by atoms with van der Waals surface area (Å²) in [5.41, 5.74) is 2.66. The van der Waals surface area contributed by atoms with Crippen LogP contribution in [0.15, 0.2) is 48.5 Å². The summed E-state index contributed by atoms with van der Waals surface area (Å²) < 4.78 is 27.4. The Morgan fingerprint density at radius 3 is 2.09 bits per heavy atom. The van der Waals surface area contributed by atoms with Crippen LogP contribution in [0.25, 0.3) is 0 Å². The number of rotatable bonds is 10. The number of carbonyl (C=O) groups is 2. The summed E-state index contributed by atoms with van der Waals surface area (Å²) in [6, 6.07) is 14.4. The van der Waals surface area contributed by atoms with E-state index in [1.165, 1.54) is 53.3 Å². The van der Waals surface area contributed by atoms with Gasteiger partial charge in [-0.3, -0.25) is 13.9 Å². The summed E-state index contributed by atoms with van der Waals surface area (Å²) in [6.45, 7) is 1.39. The minimum absolute atomic E-state index is 0.0975. The maximum Gasteiger partial charge on any atom is 0.244 e. The minimum atomic E-state index is -3.79. The first-order valence-electron chi connectivity index (χ1n) is 15.9. The lowest BCUT2D eigenvalue weighted by Crippen LogP contribution is -2.52. The Kier molecular flexibility index (Phi) is 8.55. The molecule has 5 fully saturated rings. The minimum Gasteiger partial charge on any atom is -0.352 e. The van der Waals surface area contributed by atoms with Crippen LogP contribution >= 0.6 is 11.6 Å². The van der Waals surface area contributed by atoms with Gasteiger partial charge in [0.1, 0.15) is 12.6 Å². The molecule has 5 saturated carbocycles. The second kappa shape index (κ2) is 12.1. The van der Waals surface area contributed by atoms with Crippen LogP contribution in [-0.4, -0.2) is 50.0 Å². The maximum absolute atomic E-state index is 14.0. The highest BCUT2D eigenvalue weighted by Gasteiger charge is 2.51. The van der Waals surface area contributed by atoms with Crippen LogP contribution in [0.4, 0.5) is 5.69 Å². The van der Waals surface area contributed by atoms with Crippen molar-refractivity contribution in [2.75, 3.05) is 17.1 Å². The van der Waals surface area contributed by atoms with Crippen molar-refractivity contribution in [3.05, 3.63) is 64.7 Å². The van der Waals surface area contributed by atoms with Gasteiger partial charge in [0.15, 0.2) is 0 Å². The zero-order valence-electron chi connectivity index (χ0n) is 25.3. The van der Waals surface area contributed by atoms with E-state index in [0.717, 1.165) is 49.7 Å². The molecule has 0 unspecified atom stereocenters. The van der Waals surface area contributed by atoms with Crippen LogP contribution in [0.1, 0.15) is 82.3 Å². The molecule has 43 heavy (non-hydrogen) atoms. The summed E-state index contributed by atoms with van der Waals surface area (Å²) in [4.78, 5) is 28.7. The predicted octanol–water partition coefficient (Wildman–Crippen LogP) is 6.05. The lowest BCUT2D eigenvalue weighted by Gasteiger charge is -2.57. The third-order valence-electron chi connectivity index (χ3n) is 10.7. The standard InChI is InChI=1S/C34H44ClN3O4S/c1-23(33(40)36-29-8-4-5-9-29)37(21-27-7-3-6-10-31(27)35)32(39)22-38(43(2,41)42)30-13-11-28(12-14-30)34-18-24-15-25(19-34)17-26(16-24)20-34/h3,6-7,10-14,23-26,29H,4-5,8-9,15-22H2,1-2H3,(H,36,40)/t23-,24?,25?,26?,34?/m1/s1. The first-order valence-corrected chi connectivity index (χ1v) is 18.1. The molecule has 0 radical (unpaired) electrons. The van der Waals surface area contributed by atoms with Crippen molar-refractivity contribution in [2.24, 2.45) is 17.8 Å². The largest absolute Gasteiger partial charge is 0.352 e. The first-order chi connectivity index (χ1) is 20.5. The van der Waals surface area contributed by atoms with Gasteiger partial charge in [-0.05, 0) is 111 Å². The number of hydrogen-bond donors (Lipinski definition) is 1. The number of benzene rings is 2. The van der Waals surface area contributed by atoms with Crippen LogP contribution in [0, 0.1) is 17.8 Å². The zero-order valence-corrected chi connectivity index (χ0v) is 26.9. The molecular weight excluding hydrogens is 582 g/mol. The van der Waals surface area contributed by atoms with Gasteiger partial charge in [-0.2, -0.15) is 0 Å². The molecule has 0 aliphatic heterocycles. The Balaban J connectivity index is 1.23. The first kappa shape index (κ1) is 30.4. The SMILES string of the molecule is C[C@H](C(=O)NC1CCCC1)N(Cc1ccccc1Cl)C(=O)CN(c1ccc(C23CC4CC(CC(C4)C2)C3)cc1)S(C)(=O)=O. The van der Waals surface area contributed by atoms with E-state index >= 15 is 0 Å². The third-order valence-corrected chi connectivity index (χ3v) is 12.2. The van der Waals surface area contributed by atoms with Crippen LogP contribution in [0.2, 0.25) is 5.02 Å². The fraction of sp³-hybridized carbons (Fsp3) is 0.588. The van der Waals surface area contributed by atoms with Gasteiger partial charge in [-0.25, -0.2) is 8.42 Å². The molecule has 0 spiro atoms. The van der Waals surface area contributed by atoms with Crippen LogP contribution < -0.4 is 9.62 Å². The molecule has 2 aromatic rings. The zero-order chi connectivity index (χ0) is 30.4. The number of sulfonamides is 1. The summed E-state index contributed by atoms with van der Waals surface area (Å²) in [5.74, 6) is 1.75. The van der Waals surface area contributed by atoms with Crippen LogP contribution in [0.5, 0.6) is 0 Å². The summed E-state index contributed by atoms with van der Waals surface area (Å²) >= 11 is 6.45. The van der Waals surface area contributed by atoms with Gasteiger partial charge in [0.05, 0.1) is 11.9 Å². The molecule has 5 aliphatic rings. The van der Waals surface area contributed by atoms with E-state index in [0.29, 0.717) is 16.3 Å². The van der Waals surface area contributed by atoms with Crippen molar-refractivity contribution in [2.45, 2.75) is 95.2 Å². The monoisotopic (exact) mass is 625 g/mol. The average molecular weight is 626 g/mol. The van der Waals surface area contributed by atoms with E-state index < -0.39 is 28.5 Å². The van der Waals surface area contributed by atoms with Crippen molar-refractivity contribution in [1.82, 2.24) is 10.2 Å². The van der Waals surface area contributed by atoms with E-state index in [1.807, 2.05) is 30.3 Å². The van der Waals surface area contributed by atoms with Crippen molar-refractivity contribution >= 4 is 39.1 Å². The third kappa shape index (κ3) is 6.46. The highest BCUT2D eigenvalue weighted by Crippen LogP contribution is 2.60. The number of amides is 2. The molecule has 2 amide bonds. The van der Waals surface area contributed by atoms with Gasteiger partial charge in [-0.1, -0.05) is 54.8 Å². The predicted molar refractivity (Wildman–Crippen MR) is 170 cm³/mol. The molecule has 0 heterocycles. The number of nitrogens with one attached hydrogen (secondary N) is 1. The van der Waals surface area contributed by atoms with Crippen molar-refractivity contribution in [1.29, 1.82) is 0 Å².